The van der Waals surface area contributed by atoms with Crippen molar-refractivity contribution < 1.29 is 0 Å². The van der Waals surface area contributed by atoms with Crippen molar-refractivity contribution in [3.8, 4) is 22.5 Å². The molecule has 1 aromatic heterocycles. The van der Waals surface area contributed by atoms with E-state index in [0.29, 0.717) is 12.0 Å². The molecule has 3 nitrogen and oxygen atoms in total. The van der Waals surface area contributed by atoms with E-state index in [1.165, 1.54) is 109 Å². The molecule has 2 aromatic carbocycles. The van der Waals surface area contributed by atoms with Gasteiger partial charge in [0.05, 0.1) is 6.04 Å². The summed E-state index contributed by atoms with van der Waals surface area (Å²) < 4.78 is 2.58. The first-order chi connectivity index (χ1) is 24.5. The number of benzene rings is 2. The van der Waals surface area contributed by atoms with Gasteiger partial charge >= 0.3 is 0 Å². The van der Waals surface area contributed by atoms with Gasteiger partial charge in [-0.2, -0.15) is 0 Å². The maximum absolute atomic E-state index is 3.73. The number of hydrogen-bond donors (Lipinski definition) is 2. The van der Waals surface area contributed by atoms with E-state index in [-0.39, 0.29) is 6.04 Å². The van der Waals surface area contributed by atoms with E-state index in [9.17, 15) is 0 Å². The fourth-order valence-electron chi connectivity index (χ4n) is 7.68. The van der Waals surface area contributed by atoms with Crippen LogP contribution >= 0.6 is 0 Å². The molecule has 2 unspecified atom stereocenters. The third-order valence-electron chi connectivity index (χ3n) is 10.9. The molecule has 3 aromatic rings. The Hall–Kier alpha value is -3.98. The van der Waals surface area contributed by atoms with Crippen LogP contribution in [0.5, 0.6) is 0 Å². The third-order valence-corrected chi connectivity index (χ3v) is 10.9. The van der Waals surface area contributed by atoms with Gasteiger partial charge in [-0.15, -0.1) is 0 Å². The summed E-state index contributed by atoms with van der Waals surface area (Å²) in [5.41, 5.74) is 12.2. The molecule has 264 valence electrons. The molecule has 2 aliphatic carbocycles. The van der Waals surface area contributed by atoms with Crippen molar-refractivity contribution in [1.29, 1.82) is 0 Å². The van der Waals surface area contributed by atoms with Gasteiger partial charge in [0.1, 0.15) is 0 Å². The average Bonchev–Trinajstić information content (AvgIpc) is 3.87. The Balaban J connectivity index is 1.25. The van der Waals surface area contributed by atoms with Gasteiger partial charge in [-0.25, -0.2) is 0 Å². The third kappa shape index (κ3) is 9.83. The summed E-state index contributed by atoms with van der Waals surface area (Å²) in [5, 5.41) is 7.43. The van der Waals surface area contributed by atoms with Crippen molar-refractivity contribution in [2.45, 2.75) is 117 Å². The largest absolute Gasteiger partial charge is 0.388 e. The van der Waals surface area contributed by atoms with Crippen LogP contribution in [0.25, 0.3) is 22.5 Å². The van der Waals surface area contributed by atoms with Gasteiger partial charge in [0, 0.05) is 42.0 Å². The standard InChI is InChI=1S/C47H61N3/c1-5-10-38(34-44-12-7-8-31-48-44)33-42(11-9-13-43(6-2)49-32-30-37-18-19-37)39-24-26-45(27-25-39)50-46(40-20-14-35(3)15-21-40)28-29-47(50)41-22-16-36(4)17-23-41/h12,14-17,20-26,28-30,32-33,37,42-43,45,48-49H,5-11,13,18-19,27,31,34H2,1-4H3/b32-30-,38-33+/t42?,43-,45?/m0/s1. The summed E-state index contributed by atoms with van der Waals surface area (Å²) >= 11 is 0. The maximum Gasteiger partial charge on any atom is 0.0560 e. The van der Waals surface area contributed by atoms with E-state index in [2.05, 4.69) is 146 Å². The highest BCUT2D eigenvalue weighted by atomic mass is 15.0. The summed E-state index contributed by atoms with van der Waals surface area (Å²) in [5.74, 6) is 1.26. The molecule has 0 spiro atoms. The van der Waals surface area contributed by atoms with E-state index in [4.69, 9.17) is 0 Å². The Kier molecular flexibility index (Phi) is 12.8. The zero-order valence-corrected chi connectivity index (χ0v) is 31.3. The second kappa shape index (κ2) is 17.8. The maximum atomic E-state index is 3.73. The lowest BCUT2D eigenvalue weighted by Gasteiger charge is -2.27. The summed E-state index contributed by atoms with van der Waals surface area (Å²) in [6.07, 6.45) is 31.7. The van der Waals surface area contributed by atoms with Crippen molar-refractivity contribution in [3.05, 3.63) is 131 Å². The SMILES string of the molecule is CCC/C(=C\C(CCC[C@H](CC)N/C=C\C1CC1)C1=CCC(n2c(-c3ccc(C)cc3)ccc2-c2ccc(C)cc2)C=C1)CC1=CCCCN1. The van der Waals surface area contributed by atoms with Crippen LogP contribution in [0.3, 0.4) is 0 Å². The minimum Gasteiger partial charge on any atom is -0.388 e. The topological polar surface area (TPSA) is 29.0 Å². The molecule has 6 rings (SSSR count). The molecule has 3 aliphatic rings. The fraction of sp³-hybridized carbons (Fsp3) is 0.447. The van der Waals surface area contributed by atoms with Crippen LogP contribution in [0.2, 0.25) is 0 Å². The highest BCUT2D eigenvalue weighted by molar-refractivity contribution is 5.70. The van der Waals surface area contributed by atoms with E-state index in [1.807, 2.05) is 0 Å². The first-order valence-corrected chi connectivity index (χ1v) is 19.8. The molecule has 50 heavy (non-hydrogen) atoms. The number of nitrogens with zero attached hydrogens (tertiary/aromatic N) is 1. The van der Waals surface area contributed by atoms with Gasteiger partial charge in [0.2, 0.25) is 0 Å². The van der Waals surface area contributed by atoms with E-state index in [0.717, 1.165) is 25.3 Å². The van der Waals surface area contributed by atoms with Crippen LogP contribution in [-0.2, 0) is 0 Å². The van der Waals surface area contributed by atoms with Crippen LogP contribution < -0.4 is 10.6 Å². The smallest absolute Gasteiger partial charge is 0.0560 e. The molecule has 0 amide bonds. The zero-order chi connectivity index (χ0) is 34.7. The molecule has 3 heteroatoms. The van der Waals surface area contributed by atoms with Gasteiger partial charge in [-0.3, -0.25) is 0 Å². The number of aryl methyl sites for hydroxylation is 2. The monoisotopic (exact) mass is 667 g/mol. The Morgan fingerprint density at radius 3 is 2.16 bits per heavy atom. The summed E-state index contributed by atoms with van der Waals surface area (Å²) in [7, 11) is 0. The quantitative estimate of drug-likeness (QED) is 0.140. The molecule has 2 heterocycles. The molecule has 2 N–H and O–H groups in total. The van der Waals surface area contributed by atoms with E-state index >= 15 is 0 Å². The van der Waals surface area contributed by atoms with E-state index in [1.54, 1.807) is 5.57 Å². The van der Waals surface area contributed by atoms with Crippen LogP contribution in [0.1, 0.15) is 108 Å². The Morgan fingerprint density at radius 1 is 0.900 bits per heavy atom. The summed E-state index contributed by atoms with van der Waals surface area (Å²) in [6.45, 7) is 10.1. The molecule has 0 radical (unpaired) electrons. The van der Waals surface area contributed by atoms with Gasteiger partial charge < -0.3 is 15.2 Å². The van der Waals surface area contributed by atoms with Crippen LogP contribution in [-0.4, -0.2) is 17.2 Å². The Labute approximate surface area is 303 Å². The van der Waals surface area contributed by atoms with Crippen molar-refractivity contribution in [2.24, 2.45) is 11.8 Å². The predicted molar refractivity (Wildman–Crippen MR) is 215 cm³/mol. The van der Waals surface area contributed by atoms with Gasteiger partial charge in [0.15, 0.2) is 0 Å². The lowest BCUT2D eigenvalue weighted by atomic mass is 9.85. The van der Waals surface area contributed by atoms with Gasteiger partial charge in [-0.05, 0) is 113 Å². The fourth-order valence-corrected chi connectivity index (χ4v) is 7.68. The number of hydrogen-bond acceptors (Lipinski definition) is 2. The van der Waals surface area contributed by atoms with Gasteiger partial charge in [0.25, 0.3) is 0 Å². The predicted octanol–water partition coefficient (Wildman–Crippen LogP) is 12.3. The summed E-state index contributed by atoms with van der Waals surface area (Å²) in [4.78, 5) is 0. The highest BCUT2D eigenvalue weighted by Gasteiger charge is 2.22. The lowest BCUT2D eigenvalue weighted by Crippen LogP contribution is -2.23. The molecular formula is C47H61N3. The normalized spacial score (nSPS) is 19.2. The van der Waals surface area contributed by atoms with Crippen molar-refractivity contribution in [2.75, 3.05) is 6.54 Å². The second-order valence-corrected chi connectivity index (χ2v) is 15.1. The highest BCUT2D eigenvalue weighted by Crippen LogP contribution is 2.38. The van der Waals surface area contributed by atoms with Crippen LogP contribution in [0, 0.1) is 25.7 Å². The number of aromatic nitrogens is 1. The minimum absolute atomic E-state index is 0.268. The van der Waals surface area contributed by atoms with E-state index < -0.39 is 0 Å². The molecule has 1 fully saturated rings. The zero-order valence-electron chi connectivity index (χ0n) is 31.3. The Morgan fingerprint density at radius 2 is 1.60 bits per heavy atom. The lowest BCUT2D eigenvalue weighted by molar-refractivity contribution is 0.479. The molecule has 1 saturated carbocycles. The molecule has 0 bridgehead atoms. The first-order valence-electron chi connectivity index (χ1n) is 19.8. The van der Waals surface area contributed by atoms with Crippen LogP contribution in [0.4, 0.5) is 0 Å². The summed E-state index contributed by atoms with van der Waals surface area (Å²) in [6, 6.07) is 23.5. The second-order valence-electron chi connectivity index (χ2n) is 15.1. The molecular weight excluding hydrogens is 607 g/mol. The van der Waals surface area contributed by atoms with Crippen molar-refractivity contribution >= 4 is 0 Å². The van der Waals surface area contributed by atoms with Crippen molar-refractivity contribution in [3.63, 3.8) is 0 Å². The Bertz CT molecular complexity index is 1610. The molecule has 1 aliphatic heterocycles. The first kappa shape index (κ1) is 35.8. The van der Waals surface area contributed by atoms with Crippen molar-refractivity contribution in [1.82, 2.24) is 15.2 Å². The number of nitrogens with one attached hydrogen (secondary N) is 2. The number of allylic oxidation sites excluding steroid dienone is 8. The molecule has 3 atom stereocenters. The van der Waals surface area contributed by atoms with Gasteiger partial charge in [-0.1, -0.05) is 128 Å². The number of rotatable bonds is 17. The average molecular weight is 668 g/mol. The van der Waals surface area contributed by atoms with Crippen LogP contribution in [0.15, 0.2) is 120 Å². The molecule has 0 saturated heterocycles. The minimum atomic E-state index is 0.268.